The lowest BCUT2D eigenvalue weighted by Crippen LogP contribution is -2.25. The van der Waals surface area contributed by atoms with Gasteiger partial charge in [0.15, 0.2) is 0 Å². The van der Waals surface area contributed by atoms with Crippen LogP contribution >= 0.6 is 0 Å². The van der Waals surface area contributed by atoms with Gasteiger partial charge < -0.3 is 4.53 Å². The molecule has 1 atom stereocenters. The molecule has 0 bridgehead atoms. The molecule has 78 valence electrons. The first-order valence-corrected chi connectivity index (χ1v) is 8.58. The van der Waals surface area contributed by atoms with Gasteiger partial charge in [-0.15, -0.1) is 5.16 Å². The van der Waals surface area contributed by atoms with E-state index in [1.165, 1.54) is 0 Å². The van der Waals surface area contributed by atoms with Crippen molar-refractivity contribution in [2.75, 3.05) is 0 Å². The molecule has 0 spiro atoms. The largest absolute Gasteiger partial charge is 0.456 e. The van der Waals surface area contributed by atoms with E-state index in [1.807, 2.05) is 0 Å². The van der Waals surface area contributed by atoms with Gasteiger partial charge in [-0.2, -0.15) is 5.26 Å². The minimum atomic E-state index is -1.58. The Morgan fingerprint density at radius 3 is 2.71 bits per heavy atom. The molecule has 1 fully saturated rings. The Morgan fingerprint density at radius 1 is 1.43 bits per heavy atom. The van der Waals surface area contributed by atoms with Gasteiger partial charge in [-0.05, 0) is 38.9 Å². The van der Waals surface area contributed by atoms with E-state index in [9.17, 15) is 0 Å². The average molecular weight is 210 g/mol. The molecule has 0 saturated heterocycles. The molecule has 3 nitrogen and oxygen atoms in total. The maximum atomic E-state index is 8.92. The second kappa shape index (κ2) is 4.60. The van der Waals surface area contributed by atoms with Crippen LogP contribution in [0.1, 0.15) is 25.7 Å². The van der Waals surface area contributed by atoms with Crippen LogP contribution in [-0.2, 0) is 4.53 Å². The highest BCUT2D eigenvalue weighted by atomic mass is 28.4. The monoisotopic (exact) mass is 210 g/mol. The van der Waals surface area contributed by atoms with Crippen LogP contribution in [0.15, 0.2) is 5.16 Å². The van der Waals surface area contributed by atoms with E-state index in [1.54, 1.807) is 0 Å². The van der Waals surface area contributed by atoms with Gasteiger partial charge >= 0.3 is 0 Å². The predicted molar refractivity (Wildman–Crippen MR) is 59.4 cm³/mol. The molecule has 14 heavy (non-hydrogen) atoms. The molecule has 1 unspecified atom stereocenters. The van der Waals surface area contributed by atoms with Crippen LogP contribution in [0, 0.1) is 17.2 Å². The summed E-state index contributed by atoms with van der Waals surface area (Å²) in [4.78, 5) is 0. The fourth-order valence-electron chi connectivity index (χ4n) is 1.44. The molecule has 0 aromatic carbocycles. The van der Waals surface area contributed by atoms with Crippen molar-refractivity contribution in [1.29, 1.82) is 5.26 Å². The normalized spacial score (nSPS) is 25.9. The highest BCUT2D eigenvalue weighted by Crippen LogP contribution is 2.21. The fourth-order valence-corrected chi connectivity index (χ4v) is 1.83. The summed E-state index contributed by atoms with van der Waals surface area (Å²) < 4.78 is 5.48. The third kappa shape index (κ3) is 3.50. The molecule has 1 aliphatic rings. The first kappa shape index (κ1) is 11.3. The zero-order valence-corrected chi connectivity index (χ0v) is 10.2. The SMILES string of the molecule is C[Si](C)(C)O/N=C1/CCCCC1C#N. The number of nitrogens with zero attached hydrogens (tertiary/aromatic N) is 2. The minimum absolute atomic E-state index is 0.0000926. The Kier molecular flexibility index (Phi) is 3.70. The van der Waals surface area contributed by atoms with Crippen LogP contribution in [0.5, 0.6) is 0 Å². The molecule has 4 heteroatoms. The van der Waals surface area contributed by atoms with Crippen molar-refractivity contribution < 1.29 is 4.53 Å². The lowest BCUT2D eigenvalue weighted by Gasteiger charge is -2.20. The second-order valence-corrected chi connectivity index (χ2v) is 9.12. The third-order valence-electron chi connectivity index (χ3n) is 2.17. The standard InChI is InChI=1S/C10H18N2OSi/c1-14(2,3)13-12-10-7-5-4-6-9(10)8-11/h9H,4-7H2,1-3H3/b12-10-. The van der Waals surface area contributed by atoms with Crippen molar-refractivity contribution in [1.82, 2.24) is 0 Å². The van der Waals surface area contributed by atoms with Crippen molar-refractivity contribution in [2.24, 2.45) is 11.1 Å². The van der Waals surface area contributed by atoms with E-state index in [0.29, 0.717) is 0 Å². The Balaban J connectivity index is 2.60. The van der Waals surface area contributed by atoms with Crippen LogP contribution in [-0.4, -0.2) is 14.0 Å². The molecule has 0 heterocycles. The van der Waals surface area contributed by atoms with E-state index in [4.69, 9.17) is 9.79 Å². The molecule has 0 aromatic heterocycles. The Labute approximate surface area is 86.9 Å². The van der Waals surface area contributed by atoms with Crippen molar-refractivity contribution in [3.05, 3.63) is 0 Å². The second-order valence-electron chi connectivity index (χ2n) is 4.71. The van der Waals surface area contributed by atoms with Crippen LogP contribution in [0.2, 0.25) is 19.6 Å². The lowest BCUT2D eigenvalue weighted by atomic mass is 9.88. The topological polar surface area (TPSA) is 45.4 Å². The van der Waals surface area contributed by atoms with Gasteiger partial charge in [0.2, 0.25) is 0 Å². The van der Waals surface area contributed by atoms with E-state index in [-0.39, 0.29) is 5.92 Å². The quantitative estimate of drug-likeness (QED) is 0.519. The van der Waals surface area contributed by atoms with E-state index < -0.39 is 8.32 Å². The number of oxime groups is 1. The first-order chi connectivity index (χ1) is 6.53. The van der Waals surface area contributed by atoms with Crippen LogP contribution < -0.4 is 0 Å². The third-order valence-corrected chi connectivity index (χ3v) is 2.81. The summed E-state index contributed by atoms with van der Waals surface area (Å²) in [5, 5.41) is 13.1. The highest BCUT2D eigenvalue weighted by Gasteiger charge is 2.22. The molecule has 0 aromatic rings. The number of hydrogen-bond donors (Lipinski definition) is 0. The molecule has 0 aliphatic heterocycles. The Hall–Kier alpha value is -0.823. The number of nitriles is 1. The zero-order chi connectivity index (χ0) is 10.6. The lowest BCUT2D eigenvalue weighted by molar-refractivity contribution is 0.328. The average Bonchev–Trinajstić information content (AvgIpc) is 2.14. The van der Waals surface area contributed by atoms with Crippen LogP contribution in [0.3, 0.4) is 0 Å². The van der Waals surface area contributed by atoms with E-state index in [2.05, 4.69) is 30.9 Å². The smallest absolute Gasteiger partial charge is 0.278 e. The maximum absolute atomic E-state index is 8.92. The van der Waals surface area contributed by atoms with E-state index >= 15 is 0 Å². The van der Waals surface area contributed by atoms with Crippen molar-refractivity contribution in [3.8, 4) is 6.07 Å². The maximum Gasteiger partial charge on any atom is 0.278 e. The Morgan fingerprint density at radius 2 is 2.14 bits per heavy atom. The van der Waals surface area contributed by atoms with Crippen LogP contribution in [0.4, 0.5) is 0 Å². The summed E-state index contributed by atoms with van der Waals surface area (Å²) in [6, 6.07) is 2.29. The van der Waals surface area contributed by atoms with Crippen molar-refractivity contribution in [3.63, 3.8) is 0 Å². The van der Waals surface area contributed by atoms with Crippen molar-refractivity contribution >= 4 is 14.0 Å². The summed E-state index contributed by atoms with van der Waals surface area (Å²) in [6.07, 6.45) is 4.17. The summed E-state index contributed by atoms with van der Waals surface area (Å²) in [7, 11) is -1.58. The zero-order valence-electron chi connectivity index (χ0n) is 9.21. The first-order valence-electron chi connectivity index (χ1n) is 5.17. The Bertz CT molecular complexity index is 262. The molecule has 0 radical (unpaired) electrons. The van der Waals surface area contributed by atoms with Gasteiger partial charge in [0, 0.05) is 0 Å². The molecule has 0 amide bonds. The van der Waals surface area contributed by atoms with Gasteiger partial charge in [-0.25, -0.2) is 0 Å². The summed E-state index contributed by atoms with van der Waals surface area (Å²) in [6.45, 7) is 6.30. The fraction of sp³-hybridized carbons (Fsp3) is 0.800. The summed E-state index contributed by atoms with van der Waals surface area (Å²) in [5.41, 5.74) is 0.959. The van der Waals surface area contributed by atoms with Crippen LogP contribution in [0.25, 0.3) is 0 Å². The highest BCUT2D eigenvalue weighted by molar-refractivity contribution is 6.69. The van der Waals surface area contributed by atoms with Gasteiger partial charge in [0.05, 0.1) is 17.7 Å². The molecular weight excluding hydrogens is 192 g/mol. The van der Waals surface area contributed by atoms with E-state index in [0.717, 1.165) is 31.4 Å². The predicted octanol–water partition coefficient (Wildman–Crippen LogP) is 2.91. The van der Waals surface area contributed by atoms with Gasteiger partial charge in [0.25, 0.3) is 8.32 Å². The number of hydrogen-bond acceptors (Lipinski definition) is 3. The summed E-state index contributed by atoms with van der Waals surface area (Å²) >= 11 is 0. The number of rotatable bonds is 2. The minimum Gasteiger partial charge on any atom is -0.456 e. The molecule has 1 saturated carbocycles. The molecule has 1 rings (SSSR count). The van der Waals surface area contributed by atoms with Gasteiger partial charge in [-0.1, -0.05) is 6.42 Å². The molecular formula is C10H18N2OSi. The summed E-state index contributed by atoms with van der Waals surface area (Å²) in [5.74, 6) is 0.0000926. The van der Waals surface area contributed by atoms with Gasteiger partial charge in [-0.3, -0.25) is 0 Å². The molecule has 0 N–H and O–H groups in total. The molecule has 1 aliphatic carbocycles. The van der Waals surface area contributed by atoms with Gasteiger partial charge in [0.1, 0.15) is 0 Å². The van der Waals surface area contributed by atoms with Crippen molar-refractivity contribution in [2.45, 2.75) is 45.3 Å².